The molecule has 1 N–H and O–H groups in total. The van der Waals surface area contributed by atoms with E-state index in [1.54, 1.807) is 0 Å². The maximum absolute atomic E-state index is 5.59. The van der Waals surface area contributed by atoms with E-state index in [4.69, 9.17) is 19.8 Å². The van der Waals surface area contributed by atoms with Gasteiger partial charge in [-0.2, -0.15) is 0 Å². The zero-order valence-corrected chi connectivity index (χ0v) is 21.7. The maximum Gasteiger partial charge on any atom is 0.241 e. The summed E-state index contributed by atoms with van der Waals surface area (Å²) in [5.74, 6) is 1.71. The van der Waals surface area contributed by atoms with Crippen LogP contribution in [0.2, 0.25) is 0 Å². The molecule has 0 atom stereocenters. The number of nitrogens with zero attached hydrogens (tertiary/aromatic N) is 8. The summed E-state index contributed by atoms with van der Waals surface area (Å²) < 4.78 is 9.86. The molecule has 1 aliphatic carbocycles. The monoisotopic (exact) mass is 501 g/mol. The number of fused-ring (bicyclic) bond motifs is 2. The van der Waals surface area contributed by atoms with Crippen molar-refractivity contribution >= 4 is 22.6 Å². The number of aromatic nitrogens is 6. The highest BCUT2D eigenvalue weighted by Crippen LogP contribution is 2.32. The third kappa shape index (κ3) is 4.26. The molecule has 10 nitrogen and oxygen atoms in total. The van der Waals surface area contributed by atoms with Crippen LogP contribution in [0.25, 0.3) is 27.8 Å². The predicted molar refractivity (Wildman–Crippen MR) is 143 cm³/mol. The minimum Gasteiger partial charge on any atom is -0.381 e. The molecule has 0 amide bonds. The molecule has 0 unspecified atom stereocenters. The van der Waals surface area contributed by atoms with Crippen molar-refractivity contribution in [1.29, 1.82) is 0 Å². The molecule has 194 valence electrons. The Kier molecular flexibility index (Phi) is 5.82. The molecule has 3 aliphatic rings. The van der Waals surface area contributed by atoms with Crippen LogP contribution in [-0.2, 0) is 4.74 Å². The Labute approximate surface area is 216 Å². The fourth-order valence-electron chi connectivity index (χ4n) is 6.23. The molecule has 7 rings (SSSR count). The van der Waals surface area contributed by atoms with Crippen LogP contribution in [0.15, 0.2) is 30.7 Å². The molecule has 10 heteroatoms. The topological polar surface area (TPSA) is 88.6 Å². The normalized spacial score (nSPS) is 24.1. The Morgan fingerprint density at radius 2 is 1.78 bits per heavy atom. The second kappa shape index (κ2) is 9.34. The van der Waals surface area contributed by atoms with Gasteiger partial charge in [0.15, 0.2) is 5.65 Å². The third-order valence-electron chi connectivity index (χ3n) is 8.51. The van der Waals surface area contributed by atoms with E-state index in [9.17, 15) is 0 Å². The lowest BCUT2D eigenvalue weighted by Crippen LogP contribution is -2.55. The van der Waals surface area contributed by atoms with Gasteiger partial charge in [-0.05, 0) is 51.8 Å². The van der Waals surface area contributed by atoms with Gasteiger partial charge in [-0.25, -0.2) is 19.5 Å². The Morgan fingerprint density at radius 3 is 2.59 bits per heavy atom. The van der Waals surface area contributed by atoms with Gasteiger partial charge in [-0.1, -0.05) is 0 Å². The summed E-state index contributed by atoms with van der Waals surface area (Å²) in [6.07, 6.45) is 10.2. The largest absolute Gasteiger partial charge is 0.381 e. The first-order valence-electron chi connectivity index (χ1n) is 13.6. The van der Waals surface area contributed by atoms with E-state index in [0.717, 1.165) is 72.5 Å². The molecule has 0 radical (unpaired) electrons. The van der Waals surface area contributed by atoms with Crippen LogP contribution in [0.4, 0.5) is 5.95 Å². The van der Waals surface area contributed by atoms with E-state index in [1.807, 2.05) is 23.1 Å². The number of piperazine rings is 1. The zero-order valence-electron chi connectivity index (χ0n) is 21.7. The number of likely N-dealkylation sites (N-methyl/N-ethyl adjacent to an activating group) is 1. The number of hydrogen-bond acceptors (Lipinski definition) is 8. The number of imidazole rings is 1. The molecule has 4 aromatic heterocycles. The van der Waals surface area contributed by atoms with E-state index in [2.05, 4.69) is 50.8 Å². The highest BCUT2D eigenvalue weighted by Gasteiger charge is 2.35. The molecular weight excluding hydrogens is 466 g/mol. The van der Waals surface area contributed by atoms with E-state index >= 15 is 0 Å². The van der Waals surface area contributed by atoms with Gasteiger partial charge in [0.05, 0.1) is 17.2 Å². The standard InChI is InChI=1S/C27H35N9O/c1-18-30-26-24(36(18)21-4-11-37-12-5-21)13-19(16-28-26)23-3-6-35-25(23)17-29-27(32-35)31-20-14-22(15-20)34-9-7-33(2)8-10-34/h3,6,13,16-17,20-22H,4-5,7-12,14-15H2,1-2H3,(H,31,32)/t20-,22-. The predicted octanol–water partition coefficient (Wildman–Crippen LogP) is 2.99. The summed E-state index contributed by atoms with van der Waals surface area (Å²) in [6.45, 7) is 8.37. The van der Waals surface area contributed by atoms with Crippen molar-refractivity contribution in [2.24, 2.45) is 0 Å². The van der Waals surface area contributed by atoms with Crippen molar-refractivity contribution in [2.45, 2.75) is 50.7 Å². The van der Waals surface area contributed by atoms with Crippen molar-refractivity contribution in [2.75, 3.05) is 51.8 Å². The van der Waals surface area contributed by atoms with Gasteiger partial charge < -0.3 is 19.5 Å². The Balaban J connectivity index is 1.09. The summed E-state index contributed by atoms with van der Waals surface area (Å²) in [6, 6.07) is 5.85. The highest BCUT2D eigenvalue weighted by molar-refractivity contribution is 5.85. The average Bonchev–Trinajstić information content (AvgIpc) is 3.46. The van der Waals surface area contributed by atoms with Crippen LogP contribution in [0.5, 0.6) is 0 Å². The summed E-state index contributed by atoms with van der Waals surface area (Å²) >= 11 is 0. The number of hydrogen-bond donors (Lipinski definition) is 1. The summed E-state index contributed by atoms with van der Waals surface area (Å²) in [5.41, 5.74) is 5.00. The molecule has 2 aliphatic heterocycles. The van der Waals surface area contributed by atoms with E-state index < -0.39 is 0 Å². The van der Waals surface area contributed by atoms with Crippen LogP contribution in [-0.4, -0.2) is 97.5 Å². The molecule has 1 saturated carbocycles. The van der Waals surface area contributed by atoms with Crippen LogP contribution in [0.3, 0.4) is 0 Å². The molecule has 37 heavy (non-hydrogen) atoms. The molecule has 3 fully saturated rings. The molecule has 0 aromatic carbocycles. The van der Waals surface area contributed by atoms with Crippen molar-refractivity contribution in [3.05, 3.63) is 36.5 Å². The molecular formula is C27H35N9O. The fraction of sp³-hybridized carbons (Fsp3) is 0.556. The number of rotatable bonds is 5. The minimum atomic E-state index is 0.404. The summed E-state index contributed by atoms with van der Waals surface area (Å²) in [4.78, 5) is 19.2. The average molecular weight is 502 g/mol. The molecule has 2 saturated heterocycles. The van der Waals surface area contributed by atoms with Crippen molar-refractivity contribution < 1.29 is 4.74 Å². The first kappa shape index (κ1) is 23.1. The van der Waals surface area contributed by atoms with Crippen molar-refractivity contribution in [3.63, 3.8) is 0 Å². The maximum atomic E-state index is 5.59. The summed E-state index contributed by atoms with van der Waals surface area (Å²) in [5, 5.41) is 8.32. The SMILES string of the molecule is Cc1nc2ncc(-c3ccn4nc(N[C@H]5C[C@H](N6CCN(C)CC6)C5)ncc34)cc2n1C1CCOCC1. The lowest BCUT2D eigenvalue weighted by molar-refractivity contribution is 0.0656. The highest BCUT2D eigenvalue weighted by atomic mass is 16.5. The second-order valence-corrected chi connectivity index (χ2v) is 10.9. The number of aryl methyl sites for hydroxylation is 1. The second-order valence-electron chi connectivity index (χ2n) is 10.9. The van der Waals surface area contributed by atoms with Crippen molar-refractivity contribution in [1.82, 2.24) is 38.9 Å². The van der Waals surface area contributed by atoms with Gasteiger partial charge in [-0.15, -0.1) is 5.10 Å². The first-order chi connectivity index (χ1) is 18.1. The van der Waals surface area contributed by atoms with Crippen molar-refractivity contribution in [3.8, 4) is 11.1 Å². The van der Waals surface area contributed by atoms with E-state index in [-0.39, 0.29) is 0 Å². The van der Waals surface area contributed by atoms with Gasteiger partial charge in [0.1, 0.15) is 5.82 Å². The van der Waals surface area contributed by atoms with Crippen LogP contribution < -0.4 is 5.32 Å². The molecule has 0 bridgehead atoms. The lowest BCUT2D eigenvalue weighted by Gasteiger charge is -2.46. The molecule has 0 spiro atoms. The molecule has 4 aromatic rings. The number of ether oxygens (including phenoxy) is 1. The van der Waals surface area contributed by atoms with Gasteiger partial charge in [0.25, 0.3) is 0 Å². The van der Waals surface area contributed by atoms with Crippen LogP contribution >= 0.6 is 0 Å². The van der Waals surface area contributed by atoms with E-state index in [1.165, 1.54) is 26.2 Å². The number of anilines is 1. The summed E-state index contributed by atoms with van der Waals surface area (Å²) in [7, 11) is 2.21. The zero-order chi connectivity index (χ0) is 24.9. The smallest absolute Gasteiger partial charge is 0.241 e. The Morgan fingerprint density at radius 1 is 0.973 bits per heavy atom. The number of nitrogens with one attached hydrogen (secondary N) is 1. The van der Waals surface area contributed by atoms with Crippen LogP contribution in [0, 0.1) is 6.92 Å². The third-order valence-corrected chi connectivity index (χ3v) is 8.51. The lowest BCUT2D eigenvalue weighted by atomic mass is 9.85. The van der Waals surface area contributed by atoms with Gasteiger partial charge in [0, 0.05) is 81.0 Å². The Bertz CT molecular complexity index is 1410. The minimum absolute atomic E-state index is 0.404. The van der Waals surface area contributed by atoms with E-state index in [0.29, 0.717) is 24.1 Å². The fourth-order valence-corrected chi connectivity index (χ4v) is 6.23. The Hall–Kier alpha value is -3.08. The van der Waals surface area contributed by atoms with Gasteiger partial charge in [0.2, 0.25) is 5.95 Å². The van der Waals surface area contributed by atoms with Crippen LogP contribution in [0.1, 0.15) is 37.5 Å². The number of pyridine rings is 1. The molecule has 6 heterocycles. The van der Waals surface area contributed by atoms with Gasteiger partial charge in [-0.3, -0.25) is 4.90 Å². The quantitative estimate of drug-likeness (QED) is 0.447. The van der Waals surface area contributed by atoms with Gasteiger partial charge >= 0.3 is 0 Å². The first-order valence-corrected chi connectivity index (χ1v) is 13.6.